The molecule has 1 aromatic carbocycles. The first-order chi connectivity index (χ1) is 10.8. The quantitative estimate of drug-likeness (QED) is 0.868. The van der Waals surface area contributed by atoms with Gasteiger partial charge in [-0.05, 0) is 52.8 Å². The number of Topliss-reactive ketones (excluding diaryl/α,β-unsaturated/α-hetero) is 1. The summed E-state index contributed by atoms with van der Waals surface area (Å²) in [6.07, 6.45) is 1.62. The molecular weight excluding hydrogens is 294 g/mol. The normalized spacial score (nSPS) is 26.5. The van der Waals surface area contributed by atoms with Crippen LogP contribution in [0.2, 0.25) is 0 Å². The van der Waals surface area contributed by atoms with Crippen molar-refractivity contribution in [2.45, 2.75) is 51.4 Å². The molecule has 2 aliphatic heterocycles. The van der Waals surface area contributed by atoms with Crippen molar-refractivity contribution in [2.75, 3.05) is 20.2 Å². The Labute approximate surface area is 137 Å². The average molecular weight is 319 g/mol. The fourth-order valence-electron chi connectivity index (χ4n) is 3.65. The van der Waals surface area contributed by atoms with Gasteiger partial charge in [0.05, 0.1) is 18.7 Å². The number of nitrogens with zero attached hydrogens (tertiary/aromatic N) is 1. The lowest BCUT2D eigenvalue weighted by Crippen LogP contribution is -2.53. The summed E-state index contributed by atoms with van der Waals surface area (Å²) in [5.74, 6) is 1.16. The van der Waals surface area contributed by atoms with Gasteiger partial charge in [-0.2, -0.15) is 0 Å². The summed E-state index contributed by atoms with van der Waals surface area (Å²) in [5, 5.41) is 10.9. The predicted molar refractivity (Wildman–Crippen MR) is 87.3 cm³/mol. The number of aliphatic hydroxyl groups is 1. The summed E-state index contributed by atoms with van der Waals surface area (Å²) in [4.78, 5) is 14.2. The number of carbonyl (C=O) groups excluding carboxylic acids is 1. The topological polar surface area (TPSA) is 59.0 Å². The van der Waals surface area contributed by atoms with Crippen LogP contribution in [0.25, 0.3) is 0 Å². The molecule has 0 amide bonds. The fourth-order valence-corrected chi connectivity index (χ4v) is 3.65. The molecule has 0 aliphatic carbocycles. The highest BCUT2D eigenvalue weighted by Gasteiger charge is 2.46. The zero-order valence-corrected chi connectivity index (χ0v) is 14.3. The maximum Gasteiger partial charge on any atom is 0.163 e. The molecule has 2 atom stereocenters. The van der Waals surface area contributed by atoms with E-state index in [1.807, 2.05) is 19.9 Å². The molecule has 1 saturated heterocycles. The highest BCUT2D eigenvalue weighted by atomic mass is 16.5. The zero-order valence-electron chi connectivity index (χ0n) is 14.3. The van der Waals surface area contributed by atoms with Crippen molar-refractivity contribution in [1.82, 2.24) is 4.90 Å². The van der Waals surface area contributed by atoms with Crippen LogP contribution in [0.5, 0.6) is 11.5 Å². The number of hydrogen-bond acceptors (Lipinski definition) is 5. The van der Waals surface area contributed by atoms with Gasteiger partial charge in [-0.3, -0.25) is 9.69 Å². The van der Waals surface area contributed by atoms with E-state index in [0.29, 0.717) is 17.1 Å². The van der Waals surface area contributed by atoms with Crippen LogP contribution in [0.3, 0.4) is 0 Å². The first-order valence-corrected chi connectivity index (χ1v) is 8.19. The van der Waals surface area contributed by atoms with Crippen LogP contribution in [0, 0.1) is 0 Å². The third-order valence-electron chi connectivity index (χ3n) is 4.95. The summed E-state index contributed by atoms with van der Waals surface area (Å²) in [6, 6.07) is 3.46. The van der Waals surface area contributed by atoms with Crippen molar-refractivity contribution in [2.24, 2.45) is 0 Å². The van der Waals surface area contributed by atoms with Gasteiger partial charge in [0.1, 0.15) is 23.2 Å². The van der Waals surface area contributed by atoms with E-state index in [0.717, 1.165) is 31.5 Å². The smallest absolute Gasteiger partial charge is 0.163 e. The minimum absolute atomic E-state index is 0.0517. The van der Waals surface area contributed by atoms with Gasteiger partial charge in [0, 0.05) is 11.6 Å². The molecule has 1 aromatic rings. The average Bonchev–Trinajstić information content (AvgIpc) is 3.00. The minimum Gasteiger partial charge on any atom is -0.496 e. The van der Waals surface area contributed by atoms with Crippen LogP contribution >= 0.6 is 0 Å². The number of hydrogen-bond donors (Lipinski definition) is 1. The molecule has 5 nitrogen and oxygen atoms in total. The minimum atomic E-state index is -0.691. The Morgan fingerprint density at radius 2 is 2.00 bits per heavy atom. The van der Waals surface area contributed by atoms with Gasteiger partial charge in [0.25, 0.3) is 0 Å². The van der Waals surface area contributed by atoms with Crippen molar-refractivity contribution in [3.63, 3.8) is 0 Å². The summed E-state index contributed by atoms with van der Waals surface area (Å²) >= 11 is 0. The van der Waals surface area contributed by atoms with Gasteiger partial charge in [0.2, 0.25) is 0 Å². The van der Waals surface area contributed by atoms with Crippen LogP contribution in [-0.2, 0) is 0 Å². The second-order valence-corrected chi connectivity index (χ2v) is 6.98. The van der Waals surface area contributed by atoms with E-state index in [-0.39, 0.29) is 11.8 Å². The van der Waals surface area contributed by atoms with Gasteiger partial charge in [0.15, 0.2) is 5.78 Å². The molecule has 0 unspecified atom stereocenters. The molecule has 0 saturated carbocycles. The van der Waals surface area contributed by atoms with E-state index < -0.39 is 11.7 Å². The molecule has 0 aromatic heterocycles. The fraction of sp³-hybridized carbons (Fsp3) is 0.611. The van der Waals surface area contributed by atoms with Crippen molar-refractivity contribution in [3.05, 3.63) is 23.3 Å². The van der Waals surface area contributed by atoms with Crippen LogP contribution in [0.1, 0.15) is 55.6 Å². The summed E-state index contributed by atoms with van der Waals surface area (Å²) in [6.45, 7) is 7.24. The van der Waals surface area contributed by atoms with Gasteiger partial charge in [-0.25, -0.2) is 0 Å². The molecule has 2 aliphatic rings. The summed E-state index contributed by atoms with van der Waals surface area (Å²) in [5.41, 5.74) is 0.721. The molecule has 0 radical (unpaired) electrons. The third kappa shape index (κ3) is 2.72. The molecule has 5 heteroatoms. The number of aliphatic hydroxyl groups excluding tert-OH is 1. The van der Waals surface area contributed by atoms with Gasteiger partial charge in [-0.15, -0.1) is 0 Å². The Morgan fingerprint density at radius 1 is 1.35 bits per heavy atom. The second-order valence-electron chi connectivity index (χ2n) is 6.98. The maximum absolute atomic E-state index is 12.0. The zero-order chi connectivity index (χ0) is 16.8. The number of carbonyl (C=O) groups is 1. The number of rotatable bonds is 3. The Balaban J connectivity index is 2.15. The Kier molecular flexibility index (Phi) is 4.10. The van der Waals surface area contributed by atoms with Gasteiger partial charge >= 0.3 is 0 Å². The molecule has 2 heterocycles. The molecule has 23 heavy (non-hydrogen) atoms. The second kappa shape index (κ2) is 5.80. The largest absolute Gasteiger partial charge is 0.496 e. The van der Waals surface area contributed by atoms with Crippen molar-refractivity contribution in [1.29, 1.82) is 0 Å². The van der Waals surface area contributed by atoms with E-state index >= 15 is 0 Å². The lowest BCUT2D eigenvalue weighted by atomic mass is 9.84. The number of methoxy groups -OCH3 is 1. The number of benzene rings is 1. The highest BCUT2D eigenvalue weighted by Crippen LogP contribution is 2.46. The van der Waals surface area contributed by atoms with Crippen molar-refractivity contribution < 1.29 is 19.4 Å². The molecule has 1 fully saturated rings. The molecular formula is C18H25NO4. The van der Waals surface area contributed by atoms with Crippen molar-refractivity contribution in [3.8, 4) is 11.5 Å². The number of likely N-dealkylation sites (tertiary alicyclic amines) is 1. The van der Waals surface area contributed by atoms with Crippen LogP contribution in [-0.4, -0.2) is 47.7 Å². The van der Waals surface area contributed by atoms with E-state index in [9.17, 15) is 9.90 Å². The first-order valence-electron chi connectivity index (χ1n) is 8.19. The van der Waals surface area contributed by atoms with Gasteiger partial charge in [-0.1, -0.05) is 0 Å². The Bertz CT molecular complexity index is 620. The van der Waals surface area contributed by atoms with E-state index in [4.69, 9.17) is 9.47 Å². The predicted octanol–water partition coefficient (Wildman–Crippen LogP) is 2.57. The number of fused-ring (bicyclic) bond motifs is 1. The van der Waals surface area contributed by atoms with E-state index in [2.05, 4.69) is 4.90 Å². The number of ketones is 1. The monoisotopic (exact) mass is 319 g/mol. The van der Waals surface area contributed by atoms with Crippen LogP contribution < -0.4 is 9.47 Å². The van der Waals surface area contributed by atoms with Crippen LogP contribution in [0.15, 0.2) is 12.1 Å². The molecule has 0 bridgehead atoms. The Hall–Kier alpha value is -1.59. The van der Waals surface area contributed by atoms with E-state index in [1.165, 1.54) is 6.92 Å². The third-order valence-corrected chi connectivity index (χ3v) is 4.95. The lowest BCUT2D eigenvalue weighted by molar-refractivity contribution is -0.0896. The lowest BCUT2D eigenvalue weighted by Gasteiger charge is -2.45. The number of ether oxygens (including phenoxy) is 2. The molecule has 3 rings (SSSR count). The molecule has 1 N–H and O–H groups in total. The maximum atomic E-state index is 12.0. The summed E-state index contributed by atoms with van der Waals surface area (Å²) in [7, 11) is 1.55. The summed E-state index contributed by atoms with van der Waals surface area (Å²) < 4.78 is 11.4. The van der Waals surface area contributed by atoms with Crippen LogP contribution in [0.4, 0.5) is 0 Å². The Morgan fingerprint density at radius 3 is 2.57 bits per heavy atom. The highest BCUT2D eigenvalue weighted by molar-refractivity contribution is 5.97. The standard InChI is InChI=1S/C18H25NO4/c1-11(20)12-9-13-15(10-14(12)22-4)23-18(2,3)17(21)16(13)19-7-5-6-8-19/h9-10,16-17,21H,5-8H2,1-4H3/t16-,17+/m1/s1. The molecule has 126 valence electrons. The first kappa shape index (κ1) is 16.3. The van der Waals surface area contributed by atoms with Gasteiger partial charge < -0.3 is 14.6 Å². The van der Waals surface area contributed by atoms with E-state index in [1.54, 1.807) is 13.2 Å². The SMILES string of the molecule is COc1cc2c(cc1C(C)=O)[C@@H](N1CCCC1)[C@H](O)C(C)(C)O2. The molecule has 0 spiro atoms. The van der Waals surface area contributed by atoms with Crippen molar-refractivity contribution >= 4 is 5.78 Å².